The van der Waals surface area contributed by atoms with E-state index in [4.69, 9.17) is 4.43 Å². The van der Waals surface area contributed by atoms with Crippen LogP contribution in [0.1, 0.15) is 27.2 Å². The zero-order valence-electron chi connectivity index (χ0n) is 14.4. The molecule has 0 heterocycles. The van der Waals surface area contributed by atoms with Crippen LogP contribution in [0.5, 0.6) is 0 Å². The molecule has 1 aliphatic rings. The van der Waals surface area contributed by atoms with Crippen molar-refractivity contribution in [3.05, 3.63) is 72.8 Å². The second-order valence-electron chi connectivity index (χ2n) is 7.53. The molecule has 23 heavy (non-hydrogen) atoms. The fraction of sp³-hybridized carbons (Fsp3) is 0.333. The molecule has 0 aliphatic heterocycles. The highest BCUT2D eigenvalue weighted by Crippen LogP contribution is 2.41. The van der Waals surface area contributed by atoms with Gasteiger partial charge in [0.05, 0.1) is 0 Å². The molecule has 120 valence electrons. The maximum absolute atomic E-state index is 6.84. The van der Waals surface area contributed by atoms with Crippen LogP contribution >= 0.6 is 0 Å². The third kappa shape index (κ3) is 3.06. The summed E-state index contributed by atoms with van der Waals surface area (Å²) in [6, 6.07) is 21.7. The summed E-state index contributed by atoms with van der Waals surface area (Å²) in [6.07, 6.45) is 1.12. The highest BCUT2D eigenvalue weighted by atomic mass is 28.4. The summed E-state index contributed by atoms with van der Waals surface area (Å²) in [4.78, 5) is 0. The third-order valence-electron chi connectivity index (χ3n) is 4.84. The Kier molecular flexibility index (Phi) is 4.30. The Labute approximate surface area is 141 Å². The van der Waals surface area contributed by atoms with Crippen LogP contribution in [0.4, 0.5) is 0 Å². The van der Waals surface area contributed by atoms with Crippen molar-refractivity contribution in [2.75, 3.05) is 6.61 Å². The van der Waals surface area contributed by atoms with Gasteiger partial charge in [0, 0.05) is 12.5 Å². The Morgan fingerprint density at radius 1 is 0.957 bits per heavy atom. The highest BCUT2D eigenvalue weighted by molar-refractivity contribution is 6.99. The van der Waals surface area contributed by atoms with Gasteiger partial charge in [0.25, 0.3) is 8.32 Å². The first-order valence-electron chi connectivity index (χ1n) is 8.38. The van der Waals surface area contributed by atoms with Gasteiger partial charge in [-0.15, -0.1) is 0 Å². The molecule has 0 N–H and O–H groups in total. The van der Waals surface area contributed by atoms with Crippen molar-refractivity contribution in [3.63, 3.8) is 0 Å². The van der Waals surface area contributed by atoms with Gasteiger partial charge in [0.1, 0.15) is 0 Å². The average Bonchev–Trinajstić information content (AvgIpc) is 3.24. The molecule has 1 atom stereocenters. The maximum atomic E-state index is 6.84. The molecule has 0 unspecified atom stereocenters. The summed E-state index contributed by atoms with van der Waals surface area (Å²) in [5.74, 6) is 0.552. The minimum atomic E-state index is -2.34. The lowest BCUT2D eigenvalue weighted by atomic mass is 10.2. The van der Waals surface area contributed by atoms with Crippen LogP contribution in [-0.2, 0) is 4.43 Å². The van der Waals surface area contributed by atoms with Crippen LogP contribution in [0.15, 0.2) is 72.8 Å². The number of hydrogen-bond donors (Lipinski definition) is 0. The van der Waals surface area contributed by atoms with E-state index in [0.717, 1.165) is 13.0 Å². The summed E-state index contributed by atoms with van der Waals surface area (Å²) in [7, 11) is -2.34. The van der Waals surface area contributed by atoms with Gasteiger partial charge >= 0.3 is 0 Å². The molecule has 0 bridgehead atoms. The normalized spacial score (nSPS) is 18.0. The van der Waals surface area contributed by atoms with Gasteiger partial charge in [-0.2, -0.15) is 0 Å². The summed E-state index contributed by atoms with van der Waals surface area (Å²) in [5, 5.41) is 2.77. The van der Waals surface area contributed by atoms with Crippen LogP contribution < -0.4 is 10.4 Å². The van der Waals surface area contributed by atoms with Gasteiger partial charge < -0.3 is 4.43 Å². The fourth-order valence-electron chi connectivity index (χ4n) is 3.42. The van der Waals surface area contributed by atoms with Gasteiger partial charge in [-0.3, -0.25) is 0 Å². The van der Waals surface area contributed by atoms with Crippen LogP contribution in [0.2, 0.25) is 5.04 Å². The van der Waals surface area contributed by atoms with E-state index < -0.39 is 8.32 Å². The first kappa shape index (κ1) is 16.2. The van der Waals surface area contributed by atoms with E-state index in [1.165, 1.54) is 15.9 Å². The smallest absolute Gasteiger partial charge is 0.261 e. The van der Waals surface area contributed by atoms with E-state index in [2.05, 4.69) is 88.0 Å². The molecular formula is C21H26OSi. The van der Waals surface area contributed by atoms with Gasteiger partial charge in [0.2, 0.25) is 0 Å². The lowest BCUT2D eigenvalue weighted by Gasteiger charge is -2.43. The number of hydrogen-bond acceptors (Lipinski definition) is 1. The molecule has 0 aromatic heterocycles. The van der Waals surface area contributed by atoms with Crippen LogP contribution in [0.25, 0.3) is 0 Å². The van der Waals surface area contributed by atoms with E-state index in [-0.39, 0.29) is 5.04 Å². The second-order valence-corrected chi connectivity index (χ2v) is 11.8. The van der Waals surface area contributed by atoms with Crippen molar-refractivity contribution in [1.29, 1.82) is 0 Å². The van der Waals surface area contributed by atoms with Crippen molar-refractivity contribution in [3.8, 4) is 0 Å². The first-order chi connectivity index (χ1) is 10.9. The molecule has 1 saturated carbocycles. The topological polar surface area (TPSA) is 9.23 Å². The summed E-state index contributed by atoms with van der Waals surface area (Å²) in [6.45, 7) is 11.9. The molecular weight excluding hydrogens is 296 g/mol. The first-order valence-corrected chi connectivity index (χ1v) is 10.3. The van der Waals surface area contributed by atoms with E-state index in [1.807, 2.05) is 0 Å². The Bertz CT molecular complexity index is 630. The Balaban J connectivity index is 2.10. The van der Waals surface area contributed by atoms with Crippen LogP contribution in [-0.4, -0.2) is 14.9 Å². The molecule has 1 aliphatic carbocycles. The molecule has 0 radical (unpaired) electrons. The standard InChI is InChI=1S/C21H26OSi/c1-17-15-18(17)16-22-23(21(2,3)4,19-11-7-5-8-12-19)20-13-9-6-10-14-20/h5-14,18H,1,15-16H2,2-4H3/t18-/m1/s1. The Hall–Kier alpha value is -1.64. The predicted molar refractivity (Wildman–Crippen MR) is 101 cm³/mol. The molecule has 0 amide bonds. The molecule has 1 nitrogen and oxygen atoms in total. The summed E-state index contributed by atoms with van der Waals surface area (Å²) in [5.41, 5.74) is 1.34. The molecule has 3 rings (SSSR count). The fourth-order valence-corrected chi connectivity index (χ4v) is 8.03. The van der Waals surface area contributed by atoms with Gasteiger partial charge in [-0.05, 0) is 21.8 Å². The number of benzene rings is 2. The van der Waals surface area contributed by atoms with Crippen LogP contribution in [0, 0.1) is 5.92 Å². The van der Waals surface area contributed by atoms with E-state index in [1.54, 1.807) is 0 Å². The Morgan fingerprint density at radius 3 is 1.74 bits per heavy atom. The monoisotopic (exact) mass is 322 g/mol. The van der Waals surface area contributed by atoms with Crippen LogP contribution in [0.3, 0.4) is 0 Å². The van der Waals surface area contributed by atoms with Crippen molar-refractivity contribution in [2.45, 2.75) is 32.2 Å². The Morgan fingerprint density at radius 2 is 1.39 bits per heavy atom. The van der Waals surface area contributed by atoms with E-state index in [9.17, 15) is 0 Å². The molecule has 2 aromatic carbocycles. The zero-order chi connectivity index (χ0) is 16.5. The minimum absolute atomic E-state index is 0.0614. The highest BCUT2D eigenvalue weighted by Gasteiger charge is 2.50. The SMILES string of the molecule is C=C1C[C@@H]1CO[Si](c1ccccc1)(c1ccccc1)C(C)(C)C. The van der Waals surface area contributed by atoms with Gasteiger partial charge in [-0.25, -0.2) is 0 Å². The average molecular weight is 323 g/mol. The van der Waals surface area contributed by atoms with Crippen molar-refractivity contribution in [2.24, 2.45) is 5.92 Å². The summed E-state index contributed by atoms with van der Waals surface area (Å²) >= 11 is 0. The maximum Gasteiger partial charge on any atom is 0.261 e. The predicted octanol–water partition coefficient (Wildman–Crippen LogP) is 4.14. The molecule has 2 heteroatoms. The van der Waals surface area contributed by atoms with Gasteiger partial charge in [-0.1, -0.05) is 93.6 Å². The molecule has 2 aromatic rings. The quantitative estimate of drug-likeness (QED) is 0.594. The second kappa shape index (κ2) is 6.10. The van der Waals surface area contributed by atoms with Gasteiger partial charge in [0.15, 0.2) is 0 Å². The molecule has 0 spiro atoms. The minimum Gasteiger partial charge on any atom is -0.407 e. The van der Waals surface area contributed by atoms with E-state index in [0.29, 0.717) is 5.92 Å². The van der Waals surface area contributed by atoms with Crippen molar-refractivity contribution in [1.82, 2.24) is 0 Å². The molecule has 1 fully saturated rings. The largest absolute Gasteiger partial charge is 0.407 e. The van der Waals surface area contributed by atoms with Crippen molar-refractivity contribution >= 4 is 18.7 Å². The summed E-state index contributed by atoms with van der Waals surface area (Å²) < 4.78 is 6.84. The lowest BCUT2D eigenvalue weighted by molar-refractivity contribution is 0.285. The molecule has 0 saturated heterocycles. The third-order valence-corrected chi connectivity index (χ3v) is 9.85. The van der Waals surface area contributed by atoms with E-state index >= 15 is 0 Å². The lowest BCUT2D eigenvalue weighted by Crippen LogP contribution is -2.66. The number of rotatable bonds is 5. The zero-order valence-corrected chi connectivity index (χ0v) is 15.4. The van der Waals surface area contributed by atoms with Crippen molar-refractivity contribution < 1.29 is 4.43 Å².